The van der Waals surface area contributed by atoms with Crippen molar-refractivity contribution in [3.05, 3.63) is 5.92 Å². The Morgan fingerprint density at radius 2 is 1.78 bits per heavy atom. The first kappa shape index (κ1) is 9.51. The summed E-state index contributed by atoms with van der Waals surface area (Å²) in [4.78, 5) is 0. The summed E-state index contributed by atoms with van der Waals surface area (Å²) in [5.74, 6) is 2.26. The summed E-state index contributed by atoms with van der Waals surface area (Å²) in [7, 11) is -0.332. The molecule has 0 aromatic carbocycles. The van der Waals surface area contributed by atoms with E-state index in [9.17, 15) is 0 Å². The van der Waals surface area contributed by atoms with Crippen molar-refractivity contribution in [2.75, 3.05) is 0 Å². The van der Waals surface area contributed by atoms with Crippen molar-refractivity contribution in [1.82, 2.24) is 0 Å². The van der Waals surface area contributed by atoms with Gasteiger partial charge >= 0.3 is 0 Å². The standard InChI is InChI=1S/C7H16ClSi/c1-5(2)7(9-8)6(3)4/h5,7H,9H2,1-4H3. The summed E-state index contributed by atoms with van der Waals surface area (Å²) in [6.07, 6.45) is 0. The minimum absolute atomic E-state index is 0.332. The SMILES string of the molecule is C[C](C)C([SiH2]Cl)C(C)C. The van der Waals surface area contributed by atoms with Crippen LogP contribution in [0.1, 0.15) is 27.7 Å². The summed E-state index contributed by atoms with van der Waals surface area (Å²) in [5.41, 5.74) is 0.742. The van der Waals surface area contributed by atoms with Gasteiger partial charge in [-0.05, 0) is 17.4 Å². The Bertz CT molecular complexity index is 63.3. The third kappa shape index (κ3) is 3.26. The highest BCUT2D eigenvalue weighted by atomic mass is 35.6. The van der Waals surface area contributed by atoms with Gasteiger partial charge in [-0.2, -0.15) is 11.1 Å². The number of rotatable bonds is 3. The normalized spacial score (nSPS) is 13.3. The van der Waals surface area contributed by atoms with Crippen molar-refractivity contribution < 1.29 is 0 Å². The van der Waals surface area contributed by atoms with E-state index in [-0.39, 0.29) is 8.83 Å². The fourth-order valence-electron chi connectivity index (χ4n) is 0.999. The average Bonchev–Trinajstić information content (AvgIpc) is 1.64. The van der Waals surface area contributed by atoms with Crippen LogP contribution in [0.15, 0.2) is 0 Å². The van der Waals surface area contributed by atoms with Gasteiger partial charge in [0.1, 0.15) is 8.83 Å². The van der Waals surface area contributed by atoms with E-state index in [1.54, 1.807) is 0 Å². The zero-order valence-corrected chi connectivity index (χ0v) is 8.91. The molecule has 0 rings (SSSR count). The number of hydrogen-bond donors (Lipinski definition) is 0. The van der Waals surface area contributed by atoms with Gasteiger partial charge in [-0.3, -0.25) is 0 Å². The molecule has 1 radical (unpaired) electrons. The predicted octanol–water partition coefficient (Wildman–Crippen LogP) is 2.37. The third-order valence-electron chi connectivity index (χ3n) is 1.71. The summed E-state index contributed by atoms with van der Waals surface area (Å²) in [5, 5.41) is 0. The molecule has 0 heterocycles. The topological polar surface area (TPSA) is 0 Å². The molecule has 0 spiro atoms. The van der Waals surface area contributed by atoms with E-state index in [0.717, 1.165) is 11.5 Å². The van der Waals surface area contributed by atoms with Crippen molar-refractivity contribution in [1.29, 1.82) is 0 Å². The lowest BCUT2D eigenvalue weighted by Gasteiger charge is -2.20. The fraction of sp³-hybridized carbons (Fsp3) is 0.857. The molecule has 1 unspecified atom stereocenters. The number of halogens is 1. The van der Waals surface area contributed by atoms with Gasteiger partial charge in [0.25, 0.3) is 0 Å². The Kier molecular flexibility index (Phi) is 4.59. The first-order valence-corrected chi connectivity index (χ1v) is 6.41. The van der Waals surface area contributed by atoms with E-state index in [4.69, 9.17) is 11.1 Å². The minimum atomic E-state index is -0.332. The van der Waals surface area contributed by atoms with Crippen LogP contribution in [0, 0.1) is 11.8 Å². The molecule has 0 nitrogen and oxygen atoms in total. The summed E-state index contributed by atoms with van der Waals surface area (Å²) < 4.78 is 0. The van der Waals surface area contributed by atoms with Crippen molar-refractivity contribution in [2.24, 2.45) is 5.92 Å². The second kappa shape index (κ2) is 4.34. The highest BCUT2D eigenvalue weighted by Crippen LogP contribution is 2.27. The van der Waals surface area contributed by atoms with Crippen LogP contribution in [0.25, 0.3) is 0 Å². The quantitative estimate of drug-likeness (QED) is 0.443. The van der Waals surface area contributed by atoms with Crippen LogP contribution in [0.4, 0.5) is 0 Å². The molecule has 0 aliphatic heterocycles. The molecular formula is C7H16ClSi. The number of hydrogen-bond acceptors (Lipinski definition) is 0. The van der Waals surface area contributed by atoms with Crippen LogP contribution in [0.2, 0.25) is 5.54 Å². The van der Waals surface area contributed by atoms with Gasteiger partial charge < -0.3 is 0 Å². The maximum atomic E-state index is 5.88. The molecule has 0 aliphatic carbocycles. The zero-order chi connectivity index (χ0) is 7.44. The molecule has 0 fully saturated rings. The van der Waals surface area contributed by atoms with Gasteiger partial charge in [-0.15, -0.1) is 0 Å². The third-order valence-corrected chi connectivity index (χ3v) is 4.80. The van der Waals surface area contributed by atoms with E-state index in [1.165, 1.54) is 5.92 Å². The largest absolute Gasteiger partial charge is 0.176 e. The summed E-state index contributed by atoms with van der Waals surface area (Å²) in [6.45, 7) is 8.85. The lowest BCUT2D eigenvalue weighted by Crippen LogP contribution is -2.11. The molecule has 0 aliphatic rings. The maximum Gasteiger partial charge on any atom is 0.129 e. The van der Waals surface area contributed by atoms with Gasteiger partial charge in [0, 0.05) is 0 Å². The van der Waals surface area contributed by atoms with Gasteiger partial charge in [-0.25, -0.2) is 0 Å². The van der Waals surface area contributed by atoms with E-state index in [1.807, 2.05) is 0 Å². The maximum absolute atomic E-state index is 5.88. The van der Waals surface area contributed by atoms with E-state index >= 15 is 0 Å². The lowest BCUT2D eigenvalue weighted by atomic mass is 10.00. The lowest BCUT2D eigenvalue weighted by molar-refractivity contribution is 0.598. The van der Waals surface area contributed by atoms with Crippen LogP contribution in [-0.2, 0) is 0 Å². The highest BCUT2D eigenvalue weighted by molar-refractivity contribution is 6.94. The second-order valence-corrected chi connectivity index (χ2v) is 5.20. The summed E-state index contributed by atoms with van der Waals surface area (Å²) >= 11 is 5.88. The Morgan fingerprint density at radius 1 is 1.33 bits per heavy atom. The van der Waals surface area contributed by atoms with E-state index in [2.05, 4.69) is 27.7 Å². The van der Waals surface area contributed by atoms with Crippen molar-refractivity contribution >= 4 is 19.9 Å². The monoisotopic (exact) mass is 163 g/mol. The molecule has 9 heavy (non-hydrogen) atoms. The first-order valence-electron chi connectivity index (χ1n) is 3.45. The molecule has 2 heteroatoms. The Morgan fingerprint density at radius 3 is 1.78 bits per heavy atom. The van der Waals surface area contributed by atoms with Gasteiger partial charge in [-0.1, -0.05) is 27.7 Å². The Balaban J connectivity index is 3.68. The van der Waals surface area contributed by atoms with Gasteiger partial charge in [0.2, 0.25) is 0 Å². The van der Waals surface area contributed by atoms with E-state index in [0.29, 0.717) is 0 Å². The van der Waals surface area contributed by atoms with Crippen molar-refractivity contribution in [3.8, 4) is 0 Å². The molecular weight excluding hydrogens is 148 g/mol. The second-order valence-electron chi connectivity index (χ2n) is 3.08. The first-order chi connectivity index (χ1) is 4.09. The van der Waals surface area contributed by atoms with Crippen LogP contribution >= 0.6 is 11.1 Å². The fourth-order valence-corrected chi connectivity index (χ4v) is 3.66. The van der Waals surface area contributed by atoms with Crippen LogP contribution in [0.3, 0.4) is 0 Å². The van der Waals surface area contributed by atoms with Crippen LogP contribution in [-0.4, -0.2) is 8.83 Å². The van der Waals surface area contributed by atoms with Gasteiger partial charge in [0.05, 0.1) is 0 Å². The minimum Gasteiger partial charge on any atom is -0.176 e. The predicted molar refractivity (Wildman–Crippen MR) is 47.6 cm³/mol. The molecule has 0 aromatic rings. The molecule has 0 saturated carbocycles. The van der Waals surface area contributed by atoms with Crippen LogP contribution in [0.5, 0.6) is 0 Å². The highest BCUT2D eigenvalue weighted by Gasteiger charge is 2.16. The van der Waals surface area contributed by atoms with Crippen molar-refractivity contribution in [3.63, 3.8) is 0 Å². The molecule has 0 aromatic heterocycles. The Hall–Kier alpha value is 0.507. The molecule has 0 amide bonds. The summed E-state index contributed by atoms with van der Waals surface area (Å²) in [6, 6.07) is 0. The van der Waals surface area contributed by atoms with Gasteiger partial charge in [0.15, 0.2) is 0 Å². The molecule has 0 bridgehead atoms. The molecule has 0 saturated heterocycles. The molecule has 0 N–H and O–H groups in total. The Labute approximate surface area is 65.5 Å². The zero-order valence-electron chi connectivity index (χ0n) is 6.74. The van der Waals surface area contributed by atoms with Crippen LogP contribution < -0.4 is 0 Å². The average molecular weight is 164 g/mol. The van der Waals surface area contributed by atoms with E-state index < -0.39 is 0 Å². The smallest absolute Gasteiger partial charge is 0.129 e. The molecule has 1 atom stereocenters. The van der Waals surface area contributed by atoms with Crippen molar-refractivity contribution in [2.45, 2.75) is 33.2 Å². The molecule has 55 valence electrons.